The number of nitro groups is 1. The first kappa shape index (κ1) is 17.9. The molecule has 0 aromatic heterocycles. The van der Waals surface area contributed by atoms with E-state index in [1.54, 1.807) is 12.1 Å². The third-order valence-electron chi connectivity index (χ3n) is 4.85. The van der Waals surface area contributed by atoms with Crippen LogP contribution in [0.2, 0.25) is 0 Å². The smallest absolute Gasteiger partial charge is 0.293 e. The molecular weight excluding hydrogens is 330 g/mol. The Morgan fingerprint density at radius 3 is 2.35 bits per heavy atom. The lowest BCUT2D eigenvalue weighted by Gasteiger charge is -2.28. The van der Waals surface area contributed by atoms with E-state index < -0.39 is 4.92 Å². The molecule has 1 amide bonds. The van der Waals surface area contributed by atoms with Crippen molar-refractivity contribution < 1.29 is 9.72 Å². The molecule has 0 atom stereocenters. The summed E-state index contributed by atoms with van der Waals surface area (Å²) in [6.45, 7) is 5.47. The number of amides is 1. The molecule has 1 heterocycles. The van der Waals surface area contributed by atoms with Gasteiger partial charge in [0.15, 0.2) is 0 Å². The van der Waals surface area contributed by atoms with Gasteiger partial charge in [-0.1, -0.05) is 18.2 Å². The Kier molecular flexibility index (Phi) is 5.21. The minimum atomic E-state index is -0.403. The molecule has 1 aliphatic rings. The molecule has 0 unspecified atom stereocenters. The predicted octanol–water partition coefficient (Wildman–Crippen LogP) is 4.45. The van der Waals surface area contributed by atoms with Gasteiger partial charge in [-0.3, -0.25) is 14.9 Å². The first-order valence-electron chi connectivity index (χ1n) is 8.88. The van der Waals surface area contributed by atoms with Crippen LogP contribution in [0.25, 0.3) is 0 Å². The van der Waals surface area contributed by atoms with Crippen LogP contribution < -0.4 is 10.2 Å². The van der Waals surface area contributed by atoms with E-state index in [2.05, 4.69) is 5.32 Å². The van der Waals surface area contributed by atoms with Crippen LogP contribution in [0.15, 0.2) is 36.4 Å². The summed E-state index contributed by atoms with van der Waals surface area (Å²) in [5, 5.41) is 14.4. The minimum Gasteiger partial charge on any atom is -0.366 e. The van der Waals surface area contributed by atoms with Crippen LogP contribution in [0.5, 0.6) is 0 Å². The van der Waals surface area contributed by atoms with Gasteiger partial charge in [0.25, 0.3) is 11.6 Å². The van der Waals surface area contributed by atoms with Crippen molar-refractivity contribution in [3.8, 4) is 0 Å². The summed E-state index contributed by atoms with van der Waals surface area (Å²) in [5.74, 6) is -0.337. The van der Waals surface area contributed by atoms with Crippen LogP contribution in [-0.4, -0.2) is 23.9 Å². The number of para-hydroxylation sites is 1. The molecular formula is C20H23N3O3. The van der Waals surface area contributed by atoms with Crippen LogP contribution in [0.4, 0.5) is 17.1 Å². The summed E-state index contributed by atoms with van der Waals surface area (Å²) >= 11 is 0. The molecule has 1 fully saturated rings. The van der Waals surface area contributed by atoms with Gasteiger partial charge in [-0.05, 0) is 56.4 Å². The predicted molar refractivity (Wildman–Crippen MR) is 103 cm³/mol. The molecule has 26 heavy (non-hydrogen) atoms. The van der Waals surface area contributed by atoms with E-state index in [0.29, 0.717) is 11.3 Å². The van der Waals surface area contributed by atoms with E-state index in [4.69, 9.17) is 0 Å². The van der Waals surface area contributed by atoms with Crippen molar-refractivity contribution in [2.45, 2.75) is 33.1 Å². The van der Waals surface area contributed by atoms with Crippen LogP contribution in [-0.2, 0) is 0 Å². The number of carbonyl (C=O) groups excluding carboxylic acids is 1. The molecule has 6 heteroatoms. The molecule has 1 N–H and O–H groups in total. The van der Waals surface area contributed by atoms with Gasteiger partial charge in [-0.15, -0.1) is 0 Å². The van der Waals surface area contributed by atoms with Crippen molar-refractivity contribution in [3.63, 3.8) is 0 Å². The van der Waals surface area contributed by atoms with E-state index in [-0.39, 0.29) is 11.6 Å². The fourth-order valence-electron chi connectivity index (χ4n) is 3.41. The van der Waals surface area contributed by atoms with E-state index in [9.17, 15) is 14.9 Å². The third kappa shape index (κ3) is 3.69. The summed E-state index contributed by atoms with van der Waals surface area (Å²) in [7, 11) is 0. The van der Waals surface area contributed by atoms with Gasteiger partial charge in [-0.2, -0.15) is 0 Å². The number of hydrogen-bond donors (Lipinski definition) is 1. The fourth-order valence-corrected chi connectivity index (χ4v) is 3.41. The van der Waals surface area contributed by atoms with Gasteiger partial charge < -0.3 is 10.2 Å². The molecule has 136 valence electrons. The largest absolute Gasteiger partial charge is 0.366 e. The van der Waals surface area contributed by atoms with Crippen molar-refractivity contribution in [1.82, 2.24) is 0 Å². The summed E-state index contributed by atoms with van der Waals surface area (Å²) < 4.78 is 0. The second-order valence-electron chi connectivity index (χ2n) is 6.73. The average Bonchev–Trinajstić information content (AvgIpc) is 2.65. The lowest BCUT2D eigenvalue weighted by molar-refractivity contribution is -0.384. The van der Waals surface area contributed by atoms with E-state index in [1.165, 1.54) is 6.07 Å². The SMILES string of the molecule is Cc1cccc(C)c1NC(=O)c1ccc(N2CCCCC2)c([N+](=O)[O-])c1. The Bertz CT molecular complexity index is 822. The summed E-state index contributed by atoms with van der Waals surface area (Å²) in [5.41, 5.74) is 3.54. The molecule has 0 bridgehead atoms. The Morgan fingerprint density at radius 2 is 1.73 bits per heavy atom. The first-order valence-corrected chi connectivity index (χ1v) is 8.88. The topological polar surface area (TPSA) is 75.5 Å². The zero-order valence-electron chi connectivity index (χ0n) is 15.1. The second kappa shape index (κ2) is 7.56. The van der Waals surface area contributed by atoms with Gasteiger partial charge in [0.05, 0.1) is 4.92 Å². The number of carbonyl (C=O) groups is 1. The molecule has 1 saturated heterocycles. The number of piperidine rings is 1. The first-order chi connectivity index (χ1) is 12.5. The lowest BCUT2D eigenvalue weighted by atomic mass is 10.1. The normalized spacial score (nSPS) is 14.2. The molecule has 2 aromatic rings. The Hall–Kier alpha value is -2.89. The van der Waals surface area contributed by atoms with Gasteiger partial charge >= 0.3 is 0 Å². The standard InChI is InChI=1S/C20H23N3O3/c1-14-7-6-8-15(2)19(14)21-20(24)16-9-10-17(18(13-16)23(25)26)22-11-4-3-5-12-22/h6-10,13H,3-5,11-12H2,1-2H3,(H,21,24). The number of hydrogen-bond acceptors (Lipinski definition) is 4. The number of aryl methyl sites for hydroxylation is 2. The number of anilines is 2. The maximum atomic E-state index is 12.6. The zero-order valence-corrected chi connectivity index (χ0v) is 15.1. The lowest BCUT2D eigenvalue weighted by Crippen LogP contribution is -2.30. The number of rotatable bonds is 4. The molecule has 0 aliphatic carbocycles. The molecule has 1 aliphatic heterocycles. The molecule has 3 rings (SSSR count). The monoisotopic (exact) mass is 353 g/mol. The molecule has 0 radical (unpaired) electrons. The zero-order chi connectivity index (χ0) is 18.7. The highest BCUT2D eigenvalue weighted by atomic mass is 16.6. The van der Waals surface area contributed by atoms with Gasteiger partial charge in [0.1, 0.15) is 5.69 Å². The average molecular weight is 353 g/mol. The van der Waals surface area contributed by atoms with Gasteiger partial charge in [-0.25, -0.2) is 0 Å². The van der Waals surface area contributed by atoms with Gasteiger partial charge in [0.2, 0.25) is 0 Å². The maximum absolute atomic E-state index is 12.6. The number of nitro benzene ring substituents is 1. The van der Waals surface area contributed by atoms with Gasteiger partial charge in [0, 0.05) is 30.4 Å². The highest BCUT2D eigenvalue weighted by Crippen LogP contribution is 2.31. The maximum Gasteiger partial charge on any atom is 0.293 e. The highest BCUT2D eigenvalue weighted by molar-refractivity contribution is 6.05. The molecule has 0 saturated carbocycles. The van der Waals surface area contributed by atoms with Crippen LogP contribution in [0, 0.1) is 24.0 Å². The van der Waals surface area contributed by atoms with Crippen molar-refractivity contribution in [1.29, 1.82) is 0 Å². The van der Waals surface area contributed by atoms with Crippen molar-refractivity contribution in [2.24, 2.45) is 0 Å². The van der Waals surface area contributed by atoms with E-state index in [0.717, 1.165) is 49.2 Å². The Labute approximate surface area is 153 Å². The summed E-state index contributed by atoms with van der Waals surface area (Å²) in [6, 6.07) is 10.5. The third-order valence-corrected chi connectivity index (χ3v) is 4.85. The number of nitrogens with zero attached hydrogens (tertiary/aromatic N) is 2. The second-order valence-corrected chi connectivity index (χ2v) is 6.73. The van der Waals surface area contributed by atoms with Crippen molar-refractivity contribution >= 4 is 23.0 Å². The Morgan fingerprint density at radius 1 is 1.08 bits per heavy atom. The van der Waals surface area contributed by atoms with Crippen LogP contribution in [0.1, 0.15) is 40.7 Å². The summed E-state index contributed by atoms with van der Waals surface area (Å²) in [6.07, 6.45) is 3.22. The number of benzene rings is 2. The van der Waals surface area contributed by atoms with Crippen LogP contribution >= 0.6 is 0 Å². The molecule has 6 nitrogen and oxygen atoms in total. The fraction of sp³-hybridized carbons (Fsp3) is 0.350. The minimum absolute atomic E-state index is 0.0129. The van der Waals surface area contributed by atoms with E-state index in [1.807, 2.05) is 36.9 Å². The Balaban J connectivity index is 1.89. The van der Waals surface area contributed by atoms with Crippen molar-refractivity contribution in [3.05, 3.63) is 63.2 Å². The van der Waals surface area contributed by atoms with E-state index >= 15 is 0 Å². The molecule has 2 aromatic carbocycles. The molecule has 0 spiro atoms. The van der Waals surface area contributed by atoms with Crippen molar-refractivity contribution in [2.75, 3.05) is 23.3 Å². The summed E-state index contributed by atoms with van der Waals surface area (Å²) in [4.78, 5) is 25.8. The van der Waals surface area contributed by atoms with Crippen LogP contribution in [0.3, 0.4) is 0 Å². The quantitative estimate of drug-likeness (QED) is 0.651. The highest BCUT2D eigenvalue weighted by Gasteiger charge is 2.23. The number of nitrogens with one attached hydrogen (secondary N) is 1.